The van der Waals surface area contributed by atoms with Gasteiger partial charge in [-0.25, -0.2) is 13.6 Å². The van der Waals surface area contributed by atoms with E-state index in [2.05, 4.69) is 9.68 Å². The average molecular weight is 283 g/mol. The largest absolute Gasteiger partial charge is 0.475 e. The summed E-state index contributed by atoms with van der Waals surface area (Å²) in [6.07, 6.45) is -2.77. The second-order valence-electron chi connectivity index (χ2n) is 3.97. The molecule has 2 aromatic rings. The first-order valence-electron chi connectivity index (χ1n) is 5.48. The Hall–Kier alpha value is -2.64. The lowest BCUT2D eigenvalue weighted by atomic mass is 10.0. The van der Waals surface area contributed by atoms with E-state index < -0.39 is 18.2 Å². The quantitative estimate of drug-likeness (QED) is 0.932. The van der Waals surface area contributed by atoms with Crippen molar-refractivity contribution >= 4 is 5.97 Å². The van der Waals surface area contributed by atoms with Crippen LogP contribution < -0.4 is 9.47 Å². The number of nitrogens with zero attached hydrogens (tertiary/aromatic N) is 1. The monoisotopic (exact) mass is 283 g/mol. The van der Waals surface area contributed by atoms with Crippen LogP contribution in [0, 0.1) is 0 Å². The fraction of sp³-hybridized carbons (Fsp3) is 0.167. The summed E-state index contributed by atoms with van der Waals surface area (Å²) in [4.78, 5) is 10.7. The number of halogens is 2. The van der Waals surface area contributed by atoms with Crippen molar-refractivity contribution in [1.82, 2.24) is 5.16 Å². The van der Waals surface area contributed by atoms with Gasteiger partial charge in [0.25, 0.3) is 6.43 Å². The number of benzene rings is 1. The van der Waals surface area contributed by atoms with Crippen LogP contribution >= 0.6 is 0 Å². The Labute approximate surface area is 110 Å². The van der Waals surface area contributed by atoms with Crippen molar-refractivity contribution in [3.05, 3.63) is 29.5 Å². The molecule has 0 radical (unpaired) electrons. The number of hydrogen-bond donors (Lipinski definition) is 1. The van der Waals surface area contributed by atoms with E-state index in [9.17, 15) is 13.6 Å². The minimum absolute atomic E-state index is 0.00370. The Morgan fingerprint density at radius 1 is 1.25 bits per heavy atom. The lowest BCUT2D eigenvalue weighted by Gasteiger charge is -2.07. The Balaban J connectivity index is 2.13. The van der Waals surface area contributed by atoms with Gasteiger partial charge in [0.1, 0.15) is 5.69 Å². The van der Waals surface area contributed by atoms with E-state index in [1.807, 2.05) is 0 Å². The molecular weight excluding hydrogens is 276 g/mol. The van der Waals surface area contributed by atoms with Gasteiger partial charge in [0.15, 0.2) is 11.5 Å². The zero-order valence-corrected chi connectivity index (χ0v) is 9.80. The second-order valence-corrected chi connectivity index (χ2v) is 3.97. The molecule has 6 nitrogen and oxygen atoms in total. The SMILES string of the molecule is O=C(O)c1cc(-c2cc3c(cc2C(F)F)OCO3)no1. The molecule has 1 aromatic heterocycles. The van der Waals surface area contributed by atoms with E-state index in [1.54, 1.807) is 0 Å². The van der Waals surface area contributed by atoms with E-state index in [0.717, 1.165) is 12.1 Å². The molecule has 1 aliphatic rings. The van der Waals surface area contributed by atoms with E-state index >= 15 is 0 Å². The number of hydrogen-bond acceptors (Lipinski definition) is 5. The van der Waals surface area contributed by atoms with Crippen LogP contribution in [0.5, 0.6) is 11.5 Å². The third kappa shape index (κ3) is 1.94. The number of aromatic nitrogens is 1. The summed E-state index contributed by atoms with van der Waals surface area (Å²) in [6.45, 7) is -0.0549. The zero-order chi connectivity index (χ0) is 14.3. The molecule has 1 N–H and O–H groups in total. The molecule has 1 aromatic carbocycles. The molecule has 0 saturated carbocycles. The zero-order valence-electron chi connectivity index (χ0n) is 9.80. The van der Waals surface area contributed by atoms with Gasteiger partial charge in [-0.05, 0) is 12.1 Å². The molecular formula is C12H7F2NO5. The minimum atomic E-state index is -2.77. The number of aromatic carboxylic acids is 1. The Morgan fingerprint density at radius 3 is 2.55 bits per heavy atom. The van der Waals surface area contributed by atoms with Crippen LogP contribution in [0.25, 0.3) is 11.3 Å². The summed E-state index contributed by atoms with van der Waals surface area (Å²) < 4.78 is 40.9. The highest BCUT2D eigenvalue weighted by Crippen LogP contribution is 2.41. The Morgan fingerprint density at radius 2 is 1.95 bits per heavy atom. The second kappa shape index (κ2) is 4.48. The summed E-state index contributed by atoms with van der Waals surface area (Å²) in [5.74, 6) is -1.25. The van der Waals surface area contributed by atoms with E-state index in [1.165, 1.54) is 6.07 Å². The van der Waals surface area contributed by atoms with E-state index in [0.29, 0.717) is 5.75 Å². The van der Waals surface area contributed by atoms with Gasteiger partial charge in [-0.3, -0.25) is 0 Å². The molecule has 20 heavy (non-hydrogen) atoms. The number of carbonyl (C=O) groups is 1. The summed E-state index contributed by atoms with van der Waals surface area (Å²) in [6, 6.07) is 3.55. The number of ether oxygens (including phenoxy) is 2. The van der Waals surface area contributed by atoms with Crippen molar-refractivity contribution < 1.29 is 32.7 Å². The minimum Gasteiger partial charge on any atom is -0.475 e. The maximum Gasteiger partial charge on any atom is 0.374 e. The Kier molecular flexibility index (Phi) is 2.78. The number of fused-ring (bicyclic) bond motifs is 1. The highest BCUT2D eigenvalue weighted by Gasteiger charge is 2.24. The Bertz CT molecular complexity index is 682. The van der Waals surface area contributed by atoms with Crippen molar-refractivity contribution in [2.75, 3.05) is 6.79 Å². The predicted octanol–water partition coefficient (Wildman–Crippen LogP) is 2.71. The van der Waals surface area contributed by atoms with Gasteiger partial charge in [0, 0.05) is 17.2 Å². The lowest BCUT2D eigenvalue weighted by molar-refractivity contribution is 0.0652. The average Bonchev–Trinajstić information content (AvgIpc) is 3.05. The number of rotatable bonds is 3. The highest BCUT2D eigenvalue weighted by molar-refractivity contribution is 5.86. The standard InChI is InChI=1S/C12H7F2NO5/c13-11(14)6-2-9-8(18-4-19-9)1-5(6)7-3-10(12(16)17)20-15-7/h1-3,11H,4H2,(H,16,17). The van der Waals surface area contributed by atoms with Crippen molar-refractivity contribution in [3.8, 4) is 22.8 Å². The van der Waals surface area contributed by atoms with Crippen LogP contribution in [0.2, 0.25) is 0 Å². The molecule has 0 amide bonds. The smallest absolute Gasteiger partial charge is 0.374 e. The van der Waals surface area contributed by atoms with Crippen LogP contribution in [-0.4, -0.2) is 23.0 Å². The van der Waals surface area contributed by atoms with Gasteiger partial charge in [0.05, 0.1) is 0 Å². The number of carboxylic acid groups (broad SMARTS) is 1. The molecule has 0 saturated heterocycles. The lowest BCUT2D eigenvalue weighted by Crippen LogP contribution is -1.93. The van der Waals surface area contributed by atoms with Gasteiger partial charge < -0.3 is 19.1 Å². The third-order valence-electron chi connectivity index (χ3n) is 2.78. The summed E-state index contributed by atoms with van der Waals surface area (Å²) in [7, 11) is 0. The van der Waals surface area contributed by atoms with Gasteiger partial charge in [0.2, 0.25) is 12.6 Å². The first-order valence-corrected chi connectivity index (χ1v) is 5.48. The molecule has 1 aliphatic heterocycles. The van der Waals surface area contributed by atoms with Crippen molar-refractivity contribution in [3.63, 3.8) is 0 Å². The molecule has 104 valence electrons. The van der Waals surface area contributed by atoms with Crippen LogP contribution in [-0.2, 0) is 0 Å². The molecule has 3 rings (SSSR count). The topological polar surface area (TPSA) is 81.8 Å². The van der Waals surface area contributed by atoms with Crippen molar-refractivity contribution in [2.45, 2.75) is 6.43 Å². The first-order chi connectivity index (χ1) is 9.56. The highest BCUT2D eigenvalue weighted by atomic mass is 19.3. The van der Waals surface area contributed by atoms with Crippen LogP contribution in [0.1, 0.15) is 22.5 Å². The fourth-order valence-corrected chi connectivity index (χ4v) is 1.86. The summed E-state index contributed by atoms with van der Waals surface area (Å²) in [5.41, 5.74) is -0.295. The molecule has 0 spiro atoms. The van der Waals surface area contributed by atoms with Crippen LogP contribution in [0.4, 0.5) is 8.78 Å². The van der Waals surface area contributed by atoms with Gasteiger partial charge in [-0.15, -0.1) is 0 Å². The van der Waals surface area contributed by atoms with E-state index in [-0.39, 0.29) is 29.4 Å². The molecule has 8 heteroatoms. The summed E-state index contributed by atoms with van der Waals surface area (Å²) >= 11 is 0. The molecule has 0 atom stereocenters. The first kappa shape index (κ1) is 12.4. The van der Waals surface area contributed by atoms with Gasteiger partial charge in [-0.1, -0.05) is 5.16 Å². The third-order valence-corrected chi connectivity index (χ3v) is 2.78. The fourth-order valence-electron chi connectivity index (χ4n) is 1.86. The van der Waals surface area contributed by atoms with Crippen molar-refractivity contribution in [2.24, 2.45) is 0 Å². The van der Waals surface area contributed by atoms with Crippen LogP contribution in [0.3, 0.4) is 0 Å². The van der Waals surface area contributed by atoms with Crippen molar-refractivity contribution in [1.29, 1.82) is 0 Å². The number of alkyl halides is 2. The van der Waals surface area contributed by atoms with Gasteiger partial charge >= 0.3 is 5.97 Å². The molecule has 0 unspecified atom stereocenters. The van der Waals surface area contributed by atoms with E-state index in [4.69, 9.17) is 14.6 Å². The maximum absolute atomic E-state index is 13.1. The predicted molar refractivity (Wildman–Crippen MR) is 60.0 cm³/mol. The molecule has 0 aliphatic carbocycles. The molecule has 2 heterocycles. The molecule has 0 bridgehead atoms. The number of carboxylic acids is 1. The molecule has 0 fully saturated rings. The normalized spacial score (nSPS) is 12.9. The maximum atomic E-state index is 13.1. The van der Waals surface area contributed by atoms with Gasteiger partial charge in [-0.2, -0.15) is 0 Å². The van der Waals surface area contributed by atoms with Crippen LogP contribution in [0.15, 0.2) is 22.7 Å². The summed E-state index contributed by atoms with van der Waals surface area (Å²) in [5, 5.41) is 12.2.